The fourth-order valence-corrected chi connectivity index (χ4v) is 1.47. The molecular formula is C12H4ClF3N4. The zero-order valence-electron chi connectivity index (χ0n) is 9.59. The highest BCUT2D eigenvalue weighted by molar-refractivity contribution is 6.31. The molecular weight excluding hydrogens is 293 g/mol. The Labute approximate surface area is 116 Å². The first kappa shape index (κ1) is 15.4. The molecule has 0 saturated heterocycles. The number of rotatable bonds is 2. The van der Waals surface area contributed by atoms with Gasteiger partial charge in [0.05, 0.1) is 10.6 Å². The highest BCUT2D eigenvalue weighted by atomic mass is 35.5. The average Bonchev–Trinajstić information content (AvgIpc) is 2.39. The molecule has 0 heterocycles. The zero-order valence-corrected chi connectivity index (χ0v) is 10.3. The standard InChI is InChI=1S/C12H4ClF3N4/c13-10-2-1-8(3-9(10)12(14,15)16)20-11(6-19)7(4-17)5-18/h1-3,20H. The van der Waals surface area contributed by atoms with E-state index in [1.54, 1.807) is 0 Å². The van der Waals surface area contributed by atoms with E-state index in [-0.39, 0.29) is 5.69 Å². The van der Waals surface area contributed by atoms with Crippen molar-refractivity contribution < 1.29 is 13.2 Å². The first-order chi connectivity index (χ1) is 9.33. The molecule has 8 heteroatoms. The summed E-state index contributed by atoms with van der Waals surface area (Å²) in [6, 6.07) is 7.35. The van der Waals surface area contributed by atoms with E-state index >= 15 is 0 Å². The van der Waals surface area contributed by atoms with E-state index in [2.05, 4.69) is 5.32 Å². The van der Waals surface area contributed by atoms with Crippen LogP contribution >= 0.6 is 11.6 Å². The van der Waals surface area contributed by atoms with Crippen molar-refractivity contribution in [2.45, 2.75) is 6.18 Å². The van der Waals surface area contributed by atoms with Gasteiger partial charge in [-0.05, 0) is 18.2 Å². The van der Waals surface area contributed by atoms with Crippen molar-refractivity contribution in [1.29, 1.82) is 15.8 Å². The lowest BCUT2D eigenvalue weighted by molar-refractivity contribution is -0.137. The lowest BCUT2D eigenvalue weighted by atomic mass is 10.1. The van der Waals surface area contributed by atoms with Gasteiger partial charge >= 0.3 is 6.18 Å². The smallest absolute Gasteiger partial charge is 0.345 e. The van der Waals surface area contributed by atoms with Gasteiger partial charge in [0.25, 0.3) is 0 Å². The van der Waals surface area contributed by atoms with Crippen LogP contribution in [0.1, 0.15) is 5.56 Å². The van der Waals surface area contributed by atoms with Gasteiger partial charge in [-0.15, -0.1) is 0 Å². The van der Waals surface area contributed by atoms with Gasteiger partial charge in [0.1, 0.15) is 23.9 Å². The maximum atomic E-state index is 12.6. The Bertz CT molecular complexity index is 671. The third kappa shape index (κ3) is 3.41. The second-order valence-corrected chi connectivity index (χ2v) is 3.81. The minimum atomic E-state index is -4.65. The molecule has 0 spiro atoms. The fourth-order valence-electron chi connectivity index (χ4n) is 1.25. The second kappa shape index (κ2) is 5.97. The summed E-state index contributed by atoms with van der Waals surface area (Å²) in [6.45, 7) is 0. The summed E-state index contributed by atoms with van der Waals surface area (Å²) in [5, 5.41) is 27.8. The maximum Gasteiger partial charge on any atom is 0.417 e. The monoisotopic (exact) mass is 296 g/mol. The quantitative estimate of drug-likeness (QED) is 0.845. The van der Waals surface area contributed by atoms with Crippen molar-refractivity contribution in [2.75, 3.05) is 5.32 Å². The van der Waals surface area contributed by atoms with Crippen LogP contribution in [0.3, 0.4) is 0 Å². The fraction of sp³-hybridized carbons (Fsp3) is 0.0833. The predicted molar refractivity (Wildman–Crippen MR) is 63.9 cm³/mol. The molecule has 0 atom stereocenters. The summed E-state index contributed by atoms with van der Waals surface area (Å²) >= 11 is 5.44. The third-order valence-corrected chi connectivity index (χ3v) is 2.46. The van der Waals surface area contributed by atoms with Crippen molar-refractivity contribution in [3.8, 4) is 18.2 Å². The maximum absolute atomic E-state index is 12.6. The highest BCUT2D eigenvalue weighted by Crippen LogP contribution is 2.36. The molecule has 0 radical (unpaired) electrons. The van der Waals surface area contributed by atoms with E-state index < -0.39 is 28.0 Å². The Kier molecular flexibility index (Phi) is 4.59. The summed E-state index contributed by atoms with van der Waals surface area (Å²) in [5.74, 6) is 0. The molecule has 1 N–H and O–H groups in total. The predicted octanol–water partition coefficient (Wildman–Crippen LogP) is 3.60. The molecule has 20 heavy (non-hydrogen) atoms. The molecule has 0 saturated carbocycles. The lowest BCUT2D eigenvalue weighted by Crippen LogP contribution is -2.07. The van der Waals surface area contributed by atoms with Crippen LogP contribution in [0.5, 0.6) is 0 Å². The van der Waals surface area contributed by atoms with Crippen LogP contribution in [0.2, 0.25) is 5.02 Å². The Hall–Kier alpha value is -2.69. The van der Waals surface area contributed by atoms with Crippen LogP contribution in [0.4, 0.5) is 18.9 Å². The van der Waals surface area contributed by atoms with E-state index in [4.69, 9.17) is 27.4 Å². The molecule has 0 unspecified atom stereocenters. The minimum Gasteiger partial charge on any atom is -0.345 e. The normalized spacial score (nSPS) is 9.85. The van der Waals surface area contributed by atoms with Crippen LogP contribution in [-0.2, 0) is 6.18 Å². The topological polar surface area (TPSA) is 83.4 Å². The van der Waals surface area contributed by atoms with Crippen molar-refractivity contribution >= 4 is 17.3 Å². The lowest BCUT2D eigenvalue weighted by Gasteiger charge is -2.11. The van der Waals surface area contributed by atoms with Crippen molar-refractivity contribution in [1.82, 2.24) is 0 Å². The summed E-state index contributed by atoms with van der Waals surface area (Å²) in [6.07, 6.45) is -4.65. The highest BCUT2D eigenvalue weighted by Gasteiger charge is 2.33. The van der Waals surface area contributed by atoms with E-state index in [0.29, 0.717) is 6.07 Å². The largest absolute Gasteiger partial charge is 0.417 e. The number of hydrogen-bond acceptors (Lipinski definition) is 4. The Morgan fingerprint density at radius 3 is 2.15 bits per heavy atom. The van der Waals surface area contributed by atoms with Gasteiger partial charge in [0.2, 0.25) is 0 Å². The van der Waals surface area contributed by atoms with Gasteiger partial charge < -0.3 is 5.32 Å². The molecule has 4 nitrogen and oxygen atoms in total. The SMILES string of the molecule is N#CC(C#N)=C(C#N)Nc1ccc(Cl)c(C(F)(F)F)c1. The van der Waals surface area contributed by atoms with Crippen LogP contribution in [0.25, 0.3) is 0 Å². The summed E-state index contributed by atoms with van der Waals surface area (Å²) < 4.78 is 37.9. The van der Waals surface area contributed by atoms with Gasteiger partial charge in [0, 0.05) is 5.69 Å². The van der Waals surface area contributed by atoms with E-state index in [9.17, 15) is 13.2 Å². The number of nitriles is 3. The molecule has 0 aliphatic rings. The molecule has 1 aromatic rings. The summed E-state index contributed by atoms with van der Waals surface area (Å²) in [5.41, 5.74) is -2.17. The van der Waals surface area contributed by atoms with Crippen molar-refractivity contribution in [2.24, 2.45) is 0 Å². The van der Waals surface area contributed by atoms with Gasteiger partial charge in [-0.3, -0.25) is 0 Å². The number of nitrogens with one attached hydrogen (secondary N) is 1. The molecule has 100 valence electrons. The first-order valence-electron chi connectivity index (χ1n) is 4.91. The molecule has 0 fully saturated rings. The second-order valence-electron chi connectivity index (χ2n) is 3.40. The Morgan fingerprint density at radius 2 is 1.70 bits per heavy atom. The number of halogens is 4. The van der Waals surface area contributed by atoms with E-state index in [1.807, 2.05) is 0 Å². The van der Waals surface area contributed by atoms with Crippen LogP contribution in [-0.4, -0.2) is 0 Å². The number of benzene rings is 1. The molecule has 0 amide bonds. The van der Waals surface area contributed by atoms with E-state index in [0.717, 1.165) is 6.07 Å². The summed E-state index contributed by atoms with van der Waals surface area (Å²) in [7, 11) is 0. The van der Waals surface area contributed by atoms with Gasteiger partial charge in [0.15, 0.2) is 5.57 Å². The van der Waals surface area contributed by atoms with Crippen molar-refractivity contribution in [3.63, 3.8) is 0 Å². The Balaban J connectivity index is 3.26. The molecule has 1 aromatic carbocycles. The number of nitrogens with zero attached hydrogens (tertiary/aromatic N) is 3. The van der Waals surface area contributed by atoms with E-state index in [1.165, 1.54) is 24.3 Å². The Morgan fingerprint density at radius 1 is 1.10 bits per heavy atom. The molecule has 0 aromatic heterocycles. The molecule has 0 bridgehead atoms. The van der Waals surface area contributed by atoms with Crippen LogP contribution < -0.4 is 5.32 Å². The molecule has 0 aliphatic carbocycles. The molecule has 0 aliphatic heterocycles. The number of allylic oxidation sites excluding steroid dienone is 2. The average molecular weight is 297 g/mol. The molecule has 1 rings (SSSR count). The van der Waals surface area contributed by atoms with Gasteiger partial charge in [-0.1, -0.05) is 11.6 Å². The van der Waals surface area contributed by atoms with Gasteiger partial charge in [-0.2, -0.15) is 29.0 Å². The first-order valence-corrected chi connectivity index (χ1v) is 5.29. The third-order valence-electron chi connectivity index (χ3n) is 2.13. The number of anilines is 1. The van der Waals surface area contributed by atoms with Crippen LogP contribution in [0, 0.1) is 34.0 Å². The zero-order chi connectivity index (χ0) is 15.3. The van der Waals surface area contributed by atoms with Gasteiger partial charge in [-0.25, -0.2) is 0 Å². The van der Waals surface area contributed by atoms with Crippen molar-refractivity contribution in [3.05, 3.63) is 40.1 Å². The number of hydrogen-bond donors (Lipinski definition) is 1. The van der Waals surface area contributed by atoms with Crippen LogP contribution in [0.15, 0.2) is 29.5 Å². The number of alkyl halides is 3. The summed E-state index contributed by atoms with van der Waals surface area (Å²) in [4.78, 5) is 0. The minimum absolute atomic E-state index is 0.110.